The van der Waals surface area contributed by atoms with E-state index < -0.39 is 24.1 Å². The molecule has 5 aromatic rings. The van der Waals surface area contributed by atoms with E-state index in [9.17, 15) is 19.5 Å². The monoisotopic (exact) mass is 899 g/mol. The van der Waals surface area contributed by atoms with Gasteiger partial charge in [0.2, 0.25) is 17.7 Å². The van der Waals surface area contributed by atoms with E-state index in [4.69, 9.17) is 19.4 Å². The summed E-state index contributed by atoms with van der Waals surface area (Å²) in [5.41, 5.74) is 11.7. The number of hydrogen-bond donors (Lipinski definition) is 5. The van der Waals surface area contributed by atoms with E-state index in [1.807, 2.05) is 43.7 Å². The van der Waals surface area contributed by atoms with E-state index in [2.05, 4.69) is 75.2 Å². The lowest BCUT2D eigenvalue weighted by atomic mass is 9.76. The first-order chi connectivity index (χ1) is 31.7. The van der Waals surface area contributed by atoms with Crippen LogP contribution in [0.3, 0.4) is 0 Å². The summed E-state index contributed by atoms with van der Waals surface area (Å²) >= 11 is 0. The number of carbonyl (C=O) groups excluding carboxylic acids is 3. The number of carbonyl (C=O) groups is 3. The van der Waals surface area contributed by atoms with Gasteiger partial charge in [0.1, 0.15) is 17.7 Å². The first-order valence-electron chi connectivity index (χ1n) is 24.0. The maximum Gasteiger partial charge on any atom is 0.407 e. The van der Waals surface area contributed by atoms with Crippen molar-refractivity contribution in [2.45, 2.75) is 134 Å². The fourth-order valence-corrected chi connectivity index (χ4v) is 11.4. The van der Waals surface area contributed by atoms with Crippen molar-refractivity contribution in [3.8, 4) is 33.5 Å². The Kier molecular flexibility index (Phi) is 12.6. The predicted molar refractivity (Wildman–Crippen MR) is 254 cm³/mol. The molecule has 14 nitrogen and oxygen atoms in total. The van der Waals surface area contributed by atoms with Crippen LogP contribution in [0.4, 0.5) is 4.79 Å². The van der Waals surface area contributed by atoms with Crippen molar-refractivity contribution in [2.24, 2.45) is 11.8 Å². The maximum absolute atomic E-state index is 13.9. The number of hydrogen-bond acceptors (Lipinski definition) is 9. The number of likely N-dealkylation sites (tertiary alicyclic amines) is 2. The highest BCUT2D eigenvalue weighted by molar-refractivity contribution is 5.87. The van der Waals surface area contributed by atoms with Crippen LogP contribution in [0.2, 0.25) is 0 Å². The van der Waals surface area contributed by atoms with Crippen LogP contribution in [-0.4, -0.2) is 98.1 Å². The van der Waals surface area contributed by atoms with Crippen molar-refractivity contribution in [2.75, 3.05) is 27.3 Å². The third-order valence-corrected chi connectivity index (χ3v) is 15.0. The maximum atomic E-state index is 13.9. The quantitative estimate of drug-likeness (QED) is 0.0724. The van der Waals surface area contributed by atoms with Crippen LogP contribution in [0.25, 0.3) is 44.5 Å². The molecule has 5 N–H and O–H groups in total. The Morgan fingerprint density at radius 2 is 1.41 bits per heavy atom. The highest BCUT2D eigenvalue weighted by atomic mass is 16.6. The minimum atomic E-state index is -1.63. The number of aromatic amines is 2. The van der Waals surface area contributed by atoms with Gasteiger partial charge < -0.3 is 39.7 Å². The third kappa shape index (κ3) is 8.52. The zero-order valence-electron chi connectivity index (χ0n) is 39.5. The second-order valence-electron chi connectivity index (χ2n) is 19.9. The molecule has 4 aliphatic rings. The van der Waals surface area contributed by atoms with Crippen molar-refractivity contribution in [3.63, 3.8) is 0 Å². The Labute approximate surface area is 387 Å². The molecule has 2 aliphatic heterocycles. The number of amides is 3. The fraction of sp³-hybridized carbons (Fsp3) is 0.519. The molecule has 5 atom stereocenters. The van der Waals surface area contributed by atoms with E-state index in [1.165, 1.54) is 74.6 Å². The van der Waals surface area contributed by atoms with Crippen LogP contribution < -0.4 is 10.6 Å². The van der Waals surface area contributed by atoms with Crippen LogP contribution in [0, 0.1) is 11.8 Å². The summed E-state index contributed by atoms with van der Waals surface area (Å²) in [6, 6.07) is 18.1. The fourth-order valence-electron chi connectivity index (χ4n) is 11.4. The number of nitrogens with one attached hydrogen (secondary N) is 4. The minimum Gasteiger partial charge on any atom is -0.453 e. The zero-order valence-corrected chi connectivity index (χ0v) is 39.5. The van der Waals surface area contributed by atoms with Gasteiger partial charge in [0.25, 0.3) is 0 Å². The van der Waals surface area contributed by atoms with E-state index >= 15 is 0 Å². The number of benzene rings is 3. The van der Waals surface area contributed by atoms with E-state index in [0.717, 1.165) is 78.0 Å². The molecule has 2 aliphatic carbocycles. The molecule has 1 spiro atoms. The van der Waals surface area contributed by atoms with E-state index in [0.29, 0.717) is 13.1 Å². The first kappa shape index (κ1) is 45.6. The Hall–Kier alpha value is -5.57. The number of ether oxygens (including phenoxy) is 2. The van der Waals surface area contributed by atoms with Gasteiger partial charge in [-0.05, 0) is 114 Å². The molecule has 4 heterocycles. The predicted octanol–water partition coefficient (Wildman–Crippen LogP) is 8.68. The molecule has 66 heavy (non-hydrogen) atoms. The van der Waals surface area contributed by atoms with Gasteiger partial charge in [0.15, 0.2) is 0 Å². The summed E-state index contributed by atoms with van der Waals surface area (Å²) in [6.07, 6.45) is 11.7. The Morgan fingerprint density at radius 1 is 0.788 bits per heavy atom. The Bertz CT molecular complexity index is 2590. The largest absolute Gasteiger partial charge is 0.453 e. The minimum absolute atomic E-state index is 0.0665. The normalized spacial score (nSPS) is 20.9. The molecule has 1 saturated carbocycles. The lowest BCUT2D eigenvalue weighted by Crippen LogP contribution is -2.57. The summed E-state index contributed by atoms with van der Waals surface area (Å²) in [5, 5.41) is 16.3. The molecule has 9 rings (SSSR count). The molecule has 3 aromatic carbocycles. The molecule has 5 unspecified atom stereocenters. The van der Waals surface area contributed by atoms with E-state index in [-0.39, 0.29) is 41.1 Å². The zero-order chi connectivity index (χ0) is 46.5. The highest BCUT2D eigenvalue weighted by Gasteiger charge is 2.44. The smallest absolute Gasteiger partial charge is 0.407 e. The van der Waals surface area contributed by atoms with Crippen LogP contribution in [0.15, 0.2) is 60.8 Å². The lowest BCUT2D eigenvalue weighted by molar-refractivity contribution is -0.203. The second-order valence-corrected chi connectivity index (χ2v) is 19.9. The van der Waals surface area contributed by atoms with Gasteiger partial charge in [-0.2, -0.15) is 0 Å². The van der Waals surface area contributed by atoms with Crippen molar-refractivity contribution in [3.05, 3.63) is 83.6 Å². The number of methoxy groups -OCH3 is 2. The number of rotatable bonds is 13. The summed E-state index contributed by atoms with van der Waals surface area (Å²) in [4.78, 5) is 60.8. The Morgan fingerprint density at radius 3 is 2.06 bits per heavy atom. The molecule has 3 fully saturated rings. The van der Waals surface area contributed by atoms with Crippen LogP contribution >= 0.6 is 0 Å². The number of H-pyrrole nitrogens is 2. The molecule has 14 heteroatoms. The van der Waals surface area contributed by atoms with Gasteiger partial charge in [-0.15, -0.1) is 0 Å². The van der Waals surface area contributed by atoms with Gasteiger partial charge in [-0.3, -0.25) is 14.9 Å². The van der Waals surface area contributed by atoms with E-state index in [1.54, 1.807) is 0 Å². The topological polar surface area (TPSA) is 178 Å². The summed E-state index contributed by atoms with van der Waals surface area (Å²) < 4.78 is 10.0. The number of nitrogens with zero attached hydrogens (tertiary/aromatic N) is 4. The first-order valence-corrected chi connectivity index (χ1v) is 24.0. The molecule has 350 valence electrons. The highest BCUT2D eigenvalue weighted by Crippen LogP contribution is 2.55. The van der Waals surface area contributed by atoms with Gasteiger partial charge in [0, 0.05) is 32.7 Å². The number of fused-ring (bicyclic) bond motifs is 3. The van der Waals surface area contributed by atoms with Gasteiger partial charge in [-0.1, -0.05) is 83.0 Å². The molecule has 0 radical (unpaired) electrons. The molecule has 2 aromatic heterocycles. The SMILES string of the molecule is COC(=O)NC(C(=O)N1CCCC1c1ncc(-c2ccc(-c3ccc(-c4ccc5nc(C6CCCN6C(=O)C(NC(C)(O)OC)C(C)C)[nH]c5c4)cc3)c3c2CCC32CCCC2)[nH]1)C(C)C. The van der Waals surface area contributed by atoms with Gasteiger partial charge in [-0.25, -0.2) is 14.8 Å². The number of aliphatic hydroxyl groups is 1. The Balaban J connectivity index is 0.964. The number of imidazole rings is 2. The van der Waals surface area contributed by atoms with Gasteiger partial charge in [0.05, 0.1) is 48.2 Å². The molecule has 0 bridgehead atoms. The van der Waals surface area contributed by atoms with Crippen molar-refractivity contribution in [1.82, 2.24) is 40.4 Å². The van der Waals surface area contributed by atoms with Crippen LogP contribution in [0.5, 0.6) is 0 Å². The van der Waals surface area contributed by atoms with Gasteiger partial charge >= 0.3 is 6.09 Å². The van der Waals surface area contributed by atoms with Crippen molar-refractivity contribution >= 4 is 28.9 Å². The summed E-state index contributed by atoms with van der Waals surface area (Å²) in [7, 11) is 2.72. The van der Waals surface area contributed by atoms with Crippen molar-refractivity contribution in [1.29, 1.82) is 0 Å². The van der Waals surface area contributed by atoms with Crippen LogP contribution in [0.1, 0.15) is 127 Å². The van der Waals surface area contributed by atoms with Crippen molar-refractivity contribution < 1.29 is 29.0 Å². The van der Waals surface area contributed by atoms with Crippen LogP contribution in [-0.2, 0) is 30.9 Å². The number of aromatic nitrogens is 4. The molecule has 2 saturated heterocycles. The standard InChI is InChI=1S/C52H66N8O6/c1-30(2)44(57-50(63)65-6)48(61)59-26-10-12-41(59)46-53-29-40(56-46)36-20-19-35(43-37(36)22-25-52(43)23-8-9-24-52)33-16-14-32(15-17-33)34-18-21-38-39(28-34)55-47(54-38)42-13-11-27-60(42)49(62)45(31(3)4)58-51(5,64)66-7/h14-21,28-31,41-42,44-45,58,64H,8-13,22-27H2,1-7H3,(H,53,56)(H,54,55)(H,57,63). The average Bonchev–Trinajstić information content (AvgIpc) is 4.18. The lowest BCUT2D eigenvalue weighted by Gasteiger charge is -2.34. The molecular weight excluding hydrogens is 833 g/mol. The number of alkyl carbamates (subject to hydrolysis) is 1. The summed E-state index contributed by atoms with van der Waals surface area (Å²) in [6.45, 7) is 10.5. The summed E-state index contributed by atoms with van der Waals surface area (Å²) in [5.74, 6) is -0.432. The molecule has 3 amide bonds. The average molecular weight is 899 g/mol. The molecular formula is C52H66N8O6. The second kappa shape index (κ2) is 18.3. The third-order valence-electron chi connectivity index (χ3n) is 15.0.